The van der Waals surface area contributed by atoms with Crippen LogP contribution in [0.2, 0.25) is 0 Å². The summed E-state index contributed by atoms with van der Waals surface area (Å²) in [5.74, 6) is -3.90. The van der Waals surface area contributed by atoms with Crippen molar-refractivity contribution in [2.24, 2.45) is 41.1 Å². The summed E-state index contributed by atoms with van der Waals surface area (Å²) in [5.41, 5.74) is 11.7. The first-order valence-corrected chi connectivity index (χ1v) is 15.0. The highest BCUT2D eigenvalue weighted by molar-refractivity contribution is 5.82. The second kappa shape index (κ2) is 21.9. The number of aliphatic hydroxyl groups is 1. The van der Waals surface area contributed by atoms with Crippen LogP contribution in [0.5, 0.6) is 0 Å². The summed E-state index contributed by atoms with van der Waals surface area (Å²) < 4.78 is 0. The van der Waals surface area contributed by atoms with Crippen LogP contribution >= 0.6 is 0 Å². The van der Waals surface area contributed by atoms with Gasteiger partial charge in [0, 0.05) is 36.3 Å². The lowest BCUT2D eigenvalue weighted by Crippen LogP contribution is -2.46. The highest BCUT2D eigenvalue weighted by atomic mass is 16.3. The molecule has 8 heteroatoms. The molecule has 1 aliphatic carbocycles. The van der Waals surface area contributed by atoms with Crippen LogP contribution in [0, 0.1) is 29.6 Å². The zero-order valence-electron chi connectivity index (χ0n) is 24.4. The molecule has 0 radical (unpaired) electrons. The van der Waals surface area contributed by atoms with Crippen molar-refractivity contribution in [1.29, 1.82) is 0 Å². The Morgan fingerprint density at radius 3 is 1.65 bits per heavy atom. The highest BCUT2D eigenvalue weighted by Crippen LogP contribution is 2.34. The number of hydrogen-bond acceptors (Lipinski definition) is 6. The summed E-state index contributed by atoms with van der Waals surface area (Å²) in [7, 11) is 0. The fourth-order valence-corrected chi connectivity index (χ4v) is 6.17. The Morgan fingerprint density at radius 1 is 0.750 bits per heavy atom. The van der Waals surface area contributed by atoms with Crippen LogP contribution in [-0.2, 0) is 19.2 Å². The molecule has 0 spiro atoms. The van der Waals surface area contributed by atoms with Crippen LogP contribution in [0.1, 0.15) is 132 Å². The first-order chi connectivity index (χ1) is 18.0. The predicted molar refractivity (Wildman–Crippen MR) is 164 cm³/mol. The van der Waals surface area contributed by atoms with E-state index in [1.165, 1.54) is 33.1 Å². The number of nitrogens with one attached hydrogen (secondary N) is 1. The van der Waals surface area contributed by atoms with Crippen molar-refractivity contribution in [3.05, 3.63) is 0 Å². The molecular formula is C32H63N3O5. The van der Waals surface area contributed by atoms with Crippen LogP contribution in [0.3, 0.4) is 0 Å². The third-order valence-corrected chi connectivity index (χ3v) is 8.59. The molecule has 1 rings (SSSR count). The van der Waals surface area contributed by atoms with Crippen molar-refractivity contribution in [3.8, 4) is 0 Å². The maximum absolute atomic E-state index is 12.8. The molecule has 0 aromatic rings. The van der Waals surface area contributed by atoms with Gasteiger partial charge in [-0.25, -0.2) is 0 Å². The molecule has 0 aromatic heterocycles. The lowest BCUT2D eigenvalue weighted by molar-refractivity contribution is -0.131. The van der Waals surface area contributed by atoms with Crippen LogP contribution < -0.4 is 16.8 Å². The zero-order valence-corrected chi connectivity index (χ0v) is 24.4. The number of primary amides is 2. The molecule has 0 heterocycles. The molecule has 6 unspecified atom stereocenters. The third kappa shape index (κ3) is 14.7. The molecule has 8 nitrogen and oxygen atoms in total. The zero-order chi connectivity index (χ0) is 28.7. The second-order valence-electron chi connectivity index (χ2n) is 11.7. The van der Waals surface area contributed by atoms with Crippen molar-refractivity contribution in [2.75, 3.05) is 6.54 Å². The van der Waals surface area contributed by atoms with Crippen molar-refractivity contribution in [2.45, 2.75) is 145 Å². The Hall–Kier alpha value is -1.80. The number of hydrogen-bond donors (Lipinski definition) is 4. The summed E-state index contributed by atoms with van der Waals surface area (Å²) in [5, 5.41) is 15.0. The Labute approximate surface area is 245 Å². The van der Waals surface area contributed by atoms with Crippen LogP contribution in [0.25, 0.3) is 0 Å². The fraction of sp³-hybridized carbons (Fsp3) is 0.875. The summed E-state index contributed by atoms with van der Waals surface area (Å²) in [6.45, 7) is 7.29. The van der Waals surface area contributed by atoms with E-state index >= 15 is 0 Å². The van der Waals surface area contributed by atoms with E-state index in [0.29, 0.717) is 18.9 Å². The Morgan fingerprint density at radius 2 is 1.23 bits per heavy atom. The third-order valence-electron chi connectivity index (χ3n) is 8.59. The van der Waals surface area contributed by atoms with E-state index in [9.17, 15) is 24.3 Å². The monoisotopic (exact) mass is 569 g/mol. The molecule has 1 fully saturated rings. The molecule has 0 aliphatic heterocycles. The largest absolute Gasteiger partial charge is 0.391 e. The molecule has 0 aromatic carbocycles. The van der Waals surface area contributed by atoms with Gasteiger partial charge in [0.05, 0.1) is 6.10 Å². The van der Waals surface area contributed by atoms with Gasteiger partial charge in [0.2, 0.25) is 11.8 Å². The van der Waals surface area contributed by atoms with E-state index in [0.717, 1.165) is 38.5 Å². The average Bonchev–Trinajstić information content (AvgIpc) is 2.82. The maximum atomic E-state index is 12.8. The quantitative estimate of drug-likeness (QED) is 0.165. The summed E-state index contributed by atoms with van der Waals surface area (Å²) >= 11 is 0. The first-order valence-electron chi connectivity index (χ1n) is 15.0. The number of rotatable bonds is 19. The maximum Gasteiger partial charge on any atom is 0.220 e. The van der Waals surface area contributed by atoms with Crippen molar-refractivity contribution < 1.29 is 24.3 Å². The summed E-state index contributed by atoms with van der Waals surface area (Å²) in [4.78, 5) is 50.0. The number of carbonyl (C=O) groups is 4. The number of aliphatic hydroxyl groups excluding tert-OH is 1. The van der Waals surface area contributed by atoms with Crippen LogP contribution in [0.15, 0.2) is 0 Å². The van der Waals surface area contributed by atoms with Gasteiger partial charge in [0.1, 0.15) is 11.6 Å². The van der Waals surface area contributed by atoms with Gasteiger partial charge in [-0.15, -0.1) is 0 Å². The van der Waals surface area contributed by atoms with Gasteiger partial charge in [-0.3, -0.25) is 19.2 Å². The summed E-state index contributed by atoms with van der Waals surface area (Å²) in [6, 6.07) is 0.293. The molecule has 236 valence electrons. The topological polar surface area (TPSA) is 153 Å². The van der Waals surface area contributed by atoms with E-state index in [2.05, 4.69) is 5.32 Å². The number of Topliss-reactive ketones (excluding diaryl/α,β-unsaturated/α-hetero) is 2. The lowest BCUT2D eigenvalue weighted by Gasteiger charge is -2.34. The SMILES string of the molecule is C.C.CCCC(CC(CC(C(O)CNC1CCCCCCC1)C(CC(CCC)C(C)=O)C(N)=O)C(N)=O)C(C)=O. The van der Waals surface area contributed by atoms with Crippen LogP contribution in [-0.4, -0.2) is 47.2 Å². The van der Waals surface area contributed by atoms with Crippen molar-refractivity contribution in [1.82, 2.24) is 5.32 Å². The van der Waals surface area contributed by atoms with Gasteiger partial charge in [0.15, 0.2) is 0 Å². The van der Waals surface area contributed by atoms with E-state index in [4.69, 9.17) is 11.5 Å². The van der Waals surface area contributed by atoms with E-state index in [1.54, 1.807) is 0 Å². The van der Waals surface area contributed by atoms with Gasteiger partial charge in [-0.05, 0) is 64.7 Å². The first kappa shape index (κ1) is 40.3. The minimum atomic E-state index is -0.948. The lowest BCUT2D eigenvalue weighted by atomic mass is 9.73. The minimum absolute atomic E-state index is 0. The van der Waals surface area contributed by atoms with Gasteiger partial charge in [0.25, 0.3) is 0 Å². The van der Waals surface area contributed by atoms with Gasteiger partial charge >= 0.3 is 0 Å². The van der Waals surface area contributed by atoms with Crippen molar-refractivity contribution >= 4 is 23.4 Å². The molecule has 6 N–H and O–H groups in total. The number of nitrogens with two attached hydrogens (primary N) is 2. The Bertz CT molecular complexity index is 736. The normalized spacial score (nSPS) is 18.8. The molecule has 40 heavy (non-hydrogen) atoms. The van der Waals surface area contributed by atoms with Crippen LogP contribution in [0.4, 0.5) is 0 Å². The molecule has 6 atom stereocenters. The molecule has 2 amide bonds. The van der Waals surface area contributed by atoms with Gasteiger partial charge < -0.3 is 21.9 Å². The second-order valence-corrected chi connectivity index (χ2v) is 11.7. The number of amides is 2. The Balaban J connectivity index is 0. The average molecular weight is 570 g/mol. The Kier molecular flexibility index (Phi) is 22.1. The molecule has 1 aliphatic rings. The minimum Gasteiger partial charge on any atom is -0.391 e. The molecule has 1 saturated carbocycles. The molecule has 0 bridgehead atoms. The molecule has 0 saturated heterocycles. The van der Waals surface area contributed by atoms with E-state index < -0.39 is 35.7 Å². The standard InChI is InChI=1S/C30H55N3O5.2CH4/c1-5-12-22(20(3)34)16-24(29(31)37)18-26(27(30(32)38)17-23(13-6-2)21(4)35)28(36)19-33-25-14-10-8-7-9-11-15-25;;/h22-28,33,36H,5-19H2,1-4H3,(H2,31,37)(H2,32,38);2*1H4. The smallest absolute Gasteiger partial charge is 0.220 e. The summed E-state index contributed by atoms with van der Waals surface area (Å²) in [6.07, 6.45) is 10.7. The van der Waals surface area contributed by atoms with Gasteiger partial charge in [-0.2, -0.15) is 0 Å². The highest BCUT2D eigenvalue weighted by Gasteiger charge is 2.38. The predicted octanol–water partition coefficient (Wildman–Crippen LogP) is 5.32. The number of carbonyl (C=O) groups excluding carboxylic acids is 4. The molecular weight excluding hydrogens is 506 g/mol. The van der Waals surface area contributed by atoms with E-state index in [1.807, 2.05) is 13.8 Å². The van der Waals surface area contributed by atoms with Crippen molar-refractivity contribution in [3.63, 3.8) is 0 Å². The van der Waals surface area contributed by atoms with Gasteiger partial charge in [-0.1, -0.05) is 73.6 Å². The number of ketones is 2. The van der Waals surface area contributed by atoms with E-state index in [-0.39, 0.29) is 64.1 Å². The fourth-order valence-electron chi connectivity index (χ4n) is 6.17.